The highest BCUT2D eigenvalue weighted by atomic mass is 16.3. The molecule has 1 aromatic heterocycles. The van der Waals surface area contributed by atoms with E-state index in [1.165, 1.54) is 0 Å². The van der Waals surface area contributed by atoms with Crippen LogP contribution in [0.2, 0.25) is 0 Å². The summed E-state index contributed by atoms with van der Waals surface area (Å²) in [7, 11) is 0. The summed E-state index contributed by atoms with van der Waals surface area (Å²) in [4.78, 5) is 0. The standard InChI is InChI=1S/C6H12N4O/c1-2-6-7-8-9-10(6)4-3-5-11/h11H,2-5H2,1H3. The van der Waals surface area contributed by atoms with Crippen LogP contribution in [0.1, 0.15) is 19.2 Å². The first-order valence-corrected chi connectivity index (χ1v) is 3.74. The maximum absolute atomic E-state index is 8.55. The molecule has 0 aliphatic heterocycles. The summed E-state index contributed by atoms with van der Waals surface area (Å²) in [6.07, 6.45) is 1.54. The van der Waals surface area contributed by atoms with Gasteiger partial charge in [0, 0.05) is 19.6 Å². The largest absolute Gasteiger partial charge is 0.396 e. The maximum Gasteiger partial charge on any atom is 0.150 e. The van der Waals surface area contributed by atoms with Crippen LogP contribution >= 0.6 is 0 Å². The Bertz CT molecular complexity index is 210. The van der Waals surface area contributed by atoms with Crippen LogP contribution in [0, 0.1) is 0 Å². The van der Waals surface area contributed by atoms with Crippen molar-refractivity contribution in [1.29, 1.82) is 0 Å². The van der Waals surface area contributed by atoms with Gasteiger partial charge in [0.15, 0.2) is 5.82 Å². The average Bonchev–Trinajstić information content (AvgIpc) is 2.47. The molecule has 1 heterocycles. The molecule has 0 atom stereocenters. The van der Waals surface area contributed by atoms with E-state index in [0.29, 0.717) is 13.0 Å². The normalized spacial score (nSPS) is 10.4. The summed E-state index contributed by atoms with van der Waals surface area (Å²) < 4.78 is 1.72. The first-order valence-electron chi connectivity index (χ1n) is 3.74. The number of hydrogen-bond donors (Lipinski definition) is 1. The molecule has 0 aliphatic carbocycles. The summed E-state index contributed by atoms with van der Waals surface area (Å²) in [5.41, 5.74) is 0. The minimum absolute atomic E-state index is 0.184. The minimum Gasteiger partial charge on any atom is -0.396 e. The molecule has 0 aromatic carbocycles. The van der Waals surface area contributed by atoms with E-state index in [0.717, 1.165) is 12.2 Å². The van der Waals surface area contributed by atoms with E-state index in [2.05, 4.69) is 15.5 Å². The fraction of sp³-hybridized carbons (Fsp3) is 0.833. The van der Waals surface area contributed by atoms with Gasteiger partial charge in [-0.25, -0.2) is 4.68 Å². The SMILES string of the molecule is CCc1nnnn1CCCO. The zero-order valence-corrected chi connectivity index (χ0v) is 6.56. The highest BCUT2D eigenvalue weighted by Gasteiger charge is 2.00. The minimum atomic E-state index is 0.184. The van der Waals surface area contributed by atoms with Crippen molar-refractivity contribution >= 4 is 0 Å². The fourth-order valence-electron chi connectivity index (χ4n) is 0.871. The average molecular weight is 156 g/mol. The molecule has 1 rings (SSSR count). The van der Waals surface area contributed by atoms with Gasteiger partial charge in [-0.15, -0.1) is 5.10 Å². The topological polar surface area (TPSA) is 63.8 Å². The molecule has 0 aliphatic rings. The fourth-order valence-corrected chi connectivity index (χ4v) is 0.871. The van der Waals surface area contributed by atoms with E-state index in [4.69, 9.17) is 5.11 Å². The molecule has 0 saturated heterocycles. The second-order valence-electron chi connectivity index (χ2n) is 2.25. The van der Waals surface area contributed by atoms with E-state index in [1.54, 1.807) is 4.68 Å². The molecule has 0 fully saturated rings. The number of aliphatic hydroxyl groups excluding tert-OH is 1. The van der Waals surface area contributed by atoms with Gasteiger partial charge in [-0.05, 0) is 16.8 Å². The van der Waals surface area contributed by atoms with Crippen LogP contribution in [0.15, 0.2) is 0 Å². The van der Waals surface area contributed by atoms with Crippen molar-refractivity contribution in [3.63, 3.8) is 0 Å². The van der Waals surface area contributed by atoms with Gasteiger partial charge in [-0.1, -0.05) is 6.92 Å². The predicted molar refractivity (Wildman–Crippen MR) is 38.9 cm³/mol. The van der Waals surface area contributed by atoms with Gasteiger partial charge in [-0.2, -0.15) is 0 Å². The van der Waals surface area contributed by atoms with Gasteiger partial charge in [0.05, 0.1) is 0 Å². The molecule has 0 amide bonds. The van der Waals surface area contributed by atoms with E-state index in [1.807, 2.05) is 6.92 Å². The number of aliphatic hydroxyl groups is 1. The van der Waals surface area contributed by atoms with Crippen LogP contribution in [0.25, 0.3) is 0 Å². The number of rotatable bonds is 4. The van der Waals surface area contributed by atoms with E-state index in [-0.39, 0.29) is 6.61 Å². The van der Waals surface area contributed by atoms with Crippen molar-refractivity contribution in [2.75, 3.05) is 6.61 Å². The predicted octanol–water partition coefficient (Wildman–Crippen LogP) is -0.382. The number of hydrogen-bond acceptors (Lipinski definition) is 4. The van der Waals surface area contributed by atoms with Crippen molar-refractivity contribution in [1.82, 2.24) is 20.2 Å². The molecule has 0 saturated carbocycles. The Balaban J connectivity index is 2.54. The molecule has 1 N–H and O–H groups in total. The van der Waals surface area contributed by atoms with E-state index >= 15 is 0 Å². The Morgan fingerprint density at radius 1 is 1.55 bits per heavy atom. The van der Waals surface area contributed by atoms with Crippen LogP contribution in [-0.4, -0.2) is 31.9 Å². The Morgan fingerprint density at radius 2 is 2.36 bits per heavy atom. The van der Waals surface area contributed by atoms with Crippen molar-refractivity contribution in [2.24, 2.45) is 0 Å². The number of aromatic nitrogens is 4. The van der Waals surface area contributed by atoms with Gasteiger partial charge in [0.25, 0.3) is 0 Å². The Hall–Kier alpha value is -0.970. The zero-order chi connectivity index (χ0) is 8.10. The summed E-state index contributed by atoms with van der Waals surface area (Å²) in [5.74, 6) is 0.874. The van der Waals surface area contributed by atoms with Crippen molar-refractivity contribution < 1.29 is 5.11 Å². The van der Waals surface area contributed by atoms with Crippen molar-refractivity contribution in [2.45, 2.75) is 26.3 Å². The summed E-state index contributed by atoms with van der Waals surface area (Å²) >= 11 is 0. The lowest BCUT2D eigenvalue weighted by Gasteiger charge is -1.99. The molecular weight excluding hydrogens is 144 g/mol. The summed E-state index contributed by atoms with van der Waals surface area (Å²) in [5, 5.41) is 19.7. The molecule has 1 aromatic rings. The third-order valence-electron chi connectivity index (χ3n) is 1.45. The van der Waals surface area contributed by atoms with Crippen molar-refractivity contribution in [3.05, 3.63) is 5.82 Å². The number of aryl methyl sites for hydroxylation is 2. The molecule has 0 radical (unpaired) electrons. The maximum atomic E-state index is 8.55. The van der Waals surface area contributed by atoms with Crippen molar-refractivity contribution in [3.8, 4) is 0 Å². The Morgan fingerprint density at radius 3 is 3.00 bits per heavy atom. The zero-order valence-electron chi connectivity index (χ0n) is 6.56. The van der Waals surface area contributed by atoms with Gasteiger partial charge < -0.3 is 5.11 Å². The van der Waals surface area contributed by atoms with E-state index < -0.39 is 0 Å². The summed E-state index contributed by atoms with van der Waals surface area (Å²) in [6, 6.07) is 0. The van der Waals surface area contributed by atoms with Crippen LogP contribution in [-0.2, 0) is 13.0 Å². The molecule has 5 heteroatoms. The smallest absolute Gasteiger partial charge is 0.150 e. The van der Waals surface area contributed by atoms with Gasteiger partial charge in [0.1, 0.15) is 0 Å². The van der Waals surface area contributed by atoms with Crippen LogP contribution in [0.4, 0.5) is 0 Å². The van der Waals surface area contributed by atoms with E-state index in [9.17, 15) is 0 Å². The molecule has 0 spiro atoms. The lowest BCUT2D eigenvalue weighted by molar-refractivity contribution is 0.275. The Labute approximate surface area is 65.0 Å². The highest BCUT2D eigenvalue weighted by Crippen LogP contribution is 1.93. The monoisotopic (exact) mass is 156 g/mol. The summed E-state index contributed by atoms with van der Waals surface area (Å²) in [6.45, 7) is 2.89. The van der Waals surface area contributed by atoms with Crippen LogP contribution < -0.4 is 0 Å². The van der Waals surface area contributed by atoms with Gasteiger partial charge >= 0.3 is 0 Å². The Kier molecular flexibility index (Phi) is 2.97. The molecular formula is C6H12N4O. The first kappa shape index (κ1) is 8.13. The first-order chi connectivity index (χ1) is 5.38. The highest BCUT2D eigenvalue weighted by molar-refractivity contribution is 4.78. The second-order valence-corrected chi connectivity index (χ2v) is 2.25. The second kappa shape index (κ2) is 4.02. The lowest BCUT2D eigenvalue weighted by Crippen LogP contribution is -2.06. The third kappa shape index (κ3) is 1.98. The molecule has 5 nitrogen and oxygen atoms in total. The van der Waals surface area contributed by atoms with Gasteiger partial charge in [0.2, 0.25) is 0 Å². The molecule has 11 heavy (non-hydrogen) atoms. The molecule has 0 unspecified atom stereocenters. The quantitative estimate of drug-likeness (QED) is 0.645. The number of tetrazole rings is 1. The third-order valence-corrected chi connectivity index (χ3v) is 1.45. The van der Waals surface area contributed by atoms with Gasteiger partial charge in [-0.3, -0.25) is 0 Å². The molecule has 0 bridgehead atoms. The van der Waals surface area contributed by atoms with Crippen LogP contribution in [0.3, 0.4) is 0 Å². The number of nitrogens with zero attached hydrogens (tertiary/aromatic N) is 4. The van der Waals surface area contributed by atoms with Crippen LogP contribution in [0.5, 0.6) is 0 Å². The molecule has 62 valence electrons. The lowest BCUT2D eigenvalue weighted by atomic mass is 10.4.